The fourth-order valence-corrected chi connectivity index (χ4v) is 3.35. The third-order valence-corrected chi connectivity index (χ3v) is 4.87. The molecule has 6 heteroatoms. The number of carbonyl (C=O) groups is 1. The van der Waals surface area contributed by atoms with Gasteiger partial charge in [-0.05, 0) is 64.5 Å². The lowest BCUT2D eigenvalue weighted by Gasteiger charge is -2.25. The quantitative estimate of drug-likeness (QED) is 0.484. The summed E-state index contributed by atoms with van der Waals surface area (Å²) < 4.78 is 17.4. The molecule has 160 valence electrons. The first-order valence-electron chi connectivity index (χ1n) is 10.4. The van der Waals surface area contributed by atoms with Crippen LogP contribution < -0.4 is 19.9 Å². The average molecular weight is 396 g/mol. The normalized spacial score (nSPS) is 14.2. The molecule has 2 unspecified atom stereocenters. The van der Waals surface area contributed by atoms with E-state index < -0.39 is 11.5 Å². The molecule has 1 aromatic rings. The van der Waals surface area contributed by atoms with E-state index in [4.69, 9.17) is 19.9 Å². The molecule has 28 heavy (non-hydrogen) atoms. The Morgan fingerprint density at radius 3 is 2.21 bits per heavy atom. The van der Waals surface area contributed by atoms with Gasteiger partial charge in [-0.2, -0.15) is 0 Å². The lowest BCUT2D eigenvalue weighted by Crippen LogP contribution is -2.46. The van der Waals surface area contributed by atoms with Gasteiger partial charge in [0.1, 0.15) is 5.54 Å². The maximum atomic E-state index is 11.3. The van der Waals surface area contributed by atoms with E-state index in [0.717, 1.165) is 37.0 Å². The average Bonchev–Trinajstić information content (AvgIpc) is 2.65. The number of hydrogen-bond acceptors (Lipinski definition) is 5. The van der Waals surface area contributed by atoms with Crippen molar-refractivity contribution in [2.75, 3.05) is 19.8 Å². The fourth-order valence-electron chi connectivity index (χ4n) is 3.35. The Hall–Kier alpha value is -1.95. The number of hydrogen-bond donors (Lipinski definition) is 2. The van der Waals surface area contributed by atoms with Gasteiger partial charge < -0.3 is 25.1 Å². The van der Waals surface area contributed by atoms with Gasteiger partial charge in [0.15, 0.2) is 11.5 Å². The van der Waals surface area contributed by atoms with Crippen LogP contribution in [0.15, 0.2) is 12.1 Å². The zero-order chi connectivity index (χ0) is 21.2. The van der Waals surface area contributed by atoms with Gasteiger partial charge in [-0.1, -0.05) is 25.8 Å². The van der Waals surface area contributed by atoms with Crippen molar-refractivity contribution in [1.82, 2.24) is 0 Å². The molecule has 6 nitrogen and oxygen atoms in total. The lowest BCUT2D eigenvalue weighted by atomic mass is 9.85. The molecule has 1 rings (SSSR count). The van der Waals surface area contributed by atoms with Crippen LogP contribution >= 0.6 is 0 Å². The number of carboxylic acids is 1. The van der Waals surface area contributed by atoms with Gasteiger partial charge >= 0.3 is 5.97 Å². The second-order valence-corrected chi connectivity index (χ2v) is 7.27. The highest BCUT2D eigenvalue weighted by Crippen LogP contribution is 2.41. The molecule has 0 fully saturated rings. The van der Waals surface area contributed by atoms with Crippen LogP contribution in [-0.4, -0.2) is 36.4 Å². The summed E-state index contributed by atoms with van der Waals surface area (Å²) in [6, 6.07) is 3.97. The maximum Gasteiger partial charge on any atom is 0.323 e. The first-order chi connectivity index (χ1) is 13.3. The zero-order valence-electron chi connectivity index (χ0n) is 18.0. The van der Waals surface area contributed by atoms with Crippen LogP contribution in [0.5, 0.6) is 17.2 Å². The van der Waals surface area contributed by atoms with Crippen molar-refractivity contribution in [2.45, 2.75) is 72.3 Å². The zero-order valence-corrected chi connectivity index (χ0v) is 18.0. The molecule has 2 atom stereocenters. The van der Waals surface area contributed by atoms with Gasteiger partial charge in [-0.3, -0.25) is 4.79 Å². The highest BCUT2D eigenvalue weighted by molar-refractivity contribution is 5.77. The summed E-state index contributed by atoms with van der Waals surface area (Å²) in [6.45, 7) is 11.1. The van der Waals surface area contributed by atoms with Crippen LogP contribution in [0, 0.1) is 5.92 Å². The Labute approximate surface area is 169 Å². The number of aryl methyl sites for hydroxylation is 1. The Kier molecular flexibility index (Phi) is 10.1. The summed E-state index contributed by atoms with van der Waals surface area (Å²) in [5, 5.41) is 9.27. The number of ether oxygens (including phenoxy) is 3. The molecule has 3 N–H and O–H groups in total. The number of aliphatic carboxylic acids is 1. The van der Waals surface area contributed by atoms with E-state index in [-0.39, 0.29) is 5.92 Å². The first-order valence-corrected chi connectivity index (χ1v) is 10.4. The molecule has 0 saturated heterocycles. The van der Waals surface area contributed by atoms with Crippen LogP contribution in [0.3, 0.4) is 0 Å². The molecule has 0 aliphatic rings. The van der Waals surface area contributed by atoms with Crippen LogP contribution in [0.4, 0.5) is 0 Å². The molecular weight excluding hydrogens is 358 g/mol. The summed E-state index contributed by atoms with van der Waals surface area (Å²) >= 11 is 0. The van der Waals surface area contributed by atoms with Crippen LogP contribution in [0.25, 0.3) is 0 Å². The summed E-state index contributed by atoms with van der Waals surface area (Å²) in [4.78, 5) is 11.3. The van der Waals surface area contributed by atoms with Crippen LogP contribution in [0.2, 0.25) is 0 Å². The minimum Gasteiger partial charge on any atom is -0.490 e. The number of nitrogens with two attached hydrogens (primary N) is 1. The number of rotatable bonds is 14. The highest BCUT2D eigenvalue weighted by Gasteiger charge is 2.30. The van der Waals surface area contributed by atoms with Gasteiger partial charge in [0.2, 0.25) is 5.75 Å². The summed E-state index contributed by atoms with van der Waals surface area (Å²) in [6.07, 6.45) is 4.05. The third-order valence-electron chi connectivity index (χ3n) is 4.87. The molecule has 0 aliphatic heterocycles. The molecule has 0 amide bonds. The predicted octanol–water partition coefficient (Wildman–Crippen LogP) is 4.42. The third kappa shape index (κ3) is 6.89. The second kappa shape index (κ2) is 11.8. The van der Waals surface area contributed by atoms with E-state index in [2.05, 4.69) is 6.92 Å². The van der Waals surface area contributed by atoms with E-state index in [9.17, 15) is 9.90 Å². The van der Waals surface area contributed by atoms with Crippen molar-refractivity contribution in [3.63, 3.8) is 0 Å². The number of benzene rings is 1. The first kappa shape index (κ1) is 24.1. The molecule has 0 radical (unpaired) electrons. The van der Waals surface area contributed by atoms with Crippen molar-refractivity contribution in [3.8, 4) is 17.2 Å². The molecule has 0 aliphatic carbocycles. The largest absolute Gasteiger partial charge is 0.490 e. The van der Waals surface area contributed by atoms with Crippen molar-refractivity contribution in [3.05, 3.63) is 17.7 Å². The van der Waals surface area contributed by atoms with E-state index in [1.807, 2.05) is 32.9 Å². The second-order valence-electron chi connectivity index (χ2n) is 7.27. The highest BCUT2D eigenvalue weighted by atomic mass is 16.5. The minimum atomic E-state index is -1.18. The molecule has 0 aromatic heterocycles. The molecular formula is C22H37NO5. The van der Waals surface area contributed by atoms with Gasteiger partial charge in [0.05, 0.1) is 19.8 Å². The smallest absolute Gasteiger partial charge is 0.323 e. The Morgan fingerprint density at radius 1 is 1.07 bits per heavy atom. The van der Waals surface area contributed by atoms with E-state index >= 15 is 0 Å². The Morgan fingerprint density at radius 2 is 1.68 bits per heavy atom. The Balaban J connectivity index is 2.89. The van der Waals surface area contributed by atoms with Crippen molar-refractivity contribution < 1.29 is 24.1 Å². The molecule has 1 aromatic carbocycles. The topological polar surface area (TPSA) is 91.0 Å². The van der Waals surface area contributed by atoms with E-state index in [1.54, 1.807) is 6.92 Å². The van der Waals surface area contributed by atoms with Crippen molar-refractivity contribution >= 4 is 5.97 Å². The van der Waals surface area contributed by atoms with Crippen LogP contribution in [-0.2, 0) is 11.2 Å². The summed E-state index contributed by atoms with van der Waals surface area (Å²) in [7, 11) is 0. The molecule has 0 spiro atoms. The van der Waals surface area contributed by atoms with Gasteiger partial charge in [0, 0.05) is 0 Å². The monoisotopic (exact) mass is 395 g/mol. The summed E-state index contributed by atoms with van der Waals surface area (Å²) in [5.74, 6) is 1.44. The van der Waals surface area contributed by atoms with Gasteiger partial charge in [-0.15, -0.1) is 0 Å². The predicted molar refractivity (Wildman–Crippen MR) is 112 cm³/mol. The number of carboxylic acid groups (broad SMARTS) is 1. The Bertz CT molecular complexity index is 615. The van der Waals surface area contributed by atoms with Gasteiger partial charge in [-0.25, -0.2) is 0 Å². The minimum absolute atomic E-state index is 0.274. The standard InChI is InChI=1S/C22H37NO5/c1-6-16(15-22(5,23)21(24)25)11-10-12-17-13-14-18(26-7-2)20(28-9-4)19(17)27-8-3/h13-14,16H,6-12,15,23H2,1-5H3,(H,24,25). The van der Waals surface area contributed by atoms with Crippen molar-refractivity contribution in [1.29, 1.82) is 0 Å². The van der Waals surface area contributed by atoms with E-state index in [0.29, 0.717) is 37.7 Å². The van der Waals surface area contributed by atoms with Crippen LogP contribution in [0.1, 0.15) is 65.9 Å². The molecule has 0 heterocycles. The summed E-state index contributed by atoms with van der Waals surface area (Å²) in [5.41, 5.74) is 5.83. The SMILES string of the molecule is CCOc1ccc(CCCC(CC)CC(C)(N)C(=O)O)c(OCC)c1OCC. The maximum absolute atomic E-state index is 11.3. The van der Waals surface area contributed by atoms with Gasteiger partial charge in [0.25, 0.3) is 0 Å². The van der Waals surface area contributed by atoms with Crippen molar-refractivity contribution in [2.24, 2.45) is 11.7 Å². The van der Waals surface area contributed by atoms with E-state index in [1.165, 1.54) is 0 Å². The lowest BCUT2D eigenvalue weighted by molar-refractivity contribution is -0.143. The molecule has 0 saturated carbocycles. The fraction of sp³-hybridized carbons (Fsp3) is 0.682. The molecule has 0 bridgehead atoms.